The SMILES string of the molecule is Cc1nc2c(n1CC(C#N)(NC(C)C)C1CC1)CCCC2. The predicted octanol–water partition coefficient (Wildman–Crippen LogP) is 2.74. The molecule has 0 saturated heterocycles. The molecule has 0 spiro atoms. The molecule has 0 bridgehead atoms. The first-order chi connectivity index (χ1) is 10.1. The van der Waals surface area contributed by atoms with Crippen molar-refractivity contribution in [2.75, 3.05) is 0 Å². The summed E-state index contributed by atoms with van der Waals surface area (Å²) < 4.78 is 2.32. The first-order valence-electron chi connectivity index (χ1n) is 8.29. The van der Waals surface area contributed by atoms with Crippen LogP contribution in [0.2, 0.25) is 0 Å². The fourth-order valence-electron chi connectivity index (χ4n) is 3.74. The third-order valence-electron chi connectivity index (χ3n) is 4.85. The van der Waals surface area contributed by atoms with E-state index in [1.54, 1.807) is 0 Å². The number of hydrogen-bond donors (Lipinski definition) is 1. The Bertz CT molecular complexity index is 562. The third kappa shape index (κ3) is 2.72. The second-order valence-corrected chi connectivity index (χ2v) is 7.00. The zero-order valence-corrected chi connectivity index (χ0v) is 13.4. The summed E-state index contributed by atoms with van der Waals surface area (Å²) in [6.45, 7) is 7.10. The van der Waals surface area contributed by atoms with Crippen molar-refractivity contribution in [1.82, 2.24) is 14.9 Å². The summed E-state index contributed by atoms with van der Waals surface area (Å²) in [7, 11) is 0. The summed E-state index contributed by atoms with van der Waals surface area (Å²) in [5, 5.41) is 13.5. The van der Waals surface area contributed by atoms with Crippen molar-refractivity contribution in [3.8, 4) is 6.07 Å². The lowest BCUT2D eigenvalue weighted by Crippen LogP contribution is -2.52. The molecule has 1 N–H and O–H groups in total. The Kier molecular flexibility index (Phi) is 3.79. The molecule has 1 aromatic heterocycles. The van der Waals surface area contributed by atoms with Crippen LogP contribution in [0, 0.1) is 24.2 Å². The third-order valence-corrected chi connectivity index (χ3v) is 4.85. The zero-order chi connectivity index (χ0) is 15.0. The average Bonchev–Trinajstić information content (AvgIpc) is 3.25. The molecular weight excluding hydrogens is 260 g/mol. The fourth-order valence-corrected chi connectivity index (χ4v) is 3.74. The van der Waals surface area contributed by atoms with Gasteiger partial charge in [0.15, 0.2) is 0 Å². The van der Waals surface area contributed by atoms with Gasteiger partial charge < -0.3 is 4.57 Å². The van der Waals surface area contributed by atoms with Crippen LogP contribution >= 0.6 is 0 Å². The quantitative estimate of drug-likeness (QED) is 0.905. The highest BCUT2D eigenvalue weighted by atomic mass is 15.2. The lowest BCUT2D eigenvalue weighted by atomic mass is 9.92. The van der Waals surface area contributed by atoms with Crippen molar-refractivity contribution in [2.45, 2.75) is 77.4 Å². The van der Waals surface area contributed by atoms with E-state index >= 15 is 0 Å². The van der Waals surface area contributed by atoms with Crippen LogP contribution in [0.4, 0.5) is 0 Å². The topological polar surface area (TPSA) is 53.6 Å². The first kappa shape index (κ1) is 14.6. The lowest BCUT2D eigenvalue weighted by molar-refractivity contribution is 0.289. The zero-order valence-electron chi connectivity index (χ0n) is 13.4. The second-order valence-electron chi connectivity index (χ2n) is 7.00. The molecule has 2 aliphatic carbocycles. The van der Waals surface area contributed by atoms with Gasteiger partial charge in [-0.2, -0.15) is 5.26 Å². The van der Waals surface area contributed by atoms with Gasteiger partial charge in [0.1, 0.15) is 11.4 Å². The van der Waals surface area contributed by atoms with E-state index in [1.165, 1.54) is 37.1 Å². The minimum Gasteiger partial charge on any atom is -0.329 e. The number of aromatic nitrogens is 2. The van der Waals surface area contributed by atoms with E-state index in [0.29, 0.717) is 12.0 Å². The molecule has 1 heterocycles. The van der Waals surface area contributed by atoms with Gasteiger partial charge >= 0.3 is 0 Å². The normalized spacial score (nSPS) is 20.9. The fraction of sp³-hybridized carbons (Fsp3) is 0.765. The van der Waals surface area contributed by atoms with Gasteiger partial charge in [-0.05, 0) is 65.2 Å². The van der Waals surface area contributed by atoms with Crippen LogP contribution in [-0.4, -0.2) is 21.1 Å². The molecule has 2 aliphatic rings. The van der Waals surface area contributed by atoms with Gasteiger partial charge in [0.2, 0.25) is 0 Å². The Morgan fingerprint density at radius 2 is 2.10 bits per heavy atom. The number of nitriles is 1. The van der Waals surface area contributed by atoms with Crippen LogP contribution < -0.4 is 5.32 Å². The summed E-state index contributed by atoms with van der Waals surface area (Å²) in [4.78, 5) is 4.75. The van der Waals surface area contributed by atoms with Crippen molar-refractivity contribution < 1.29 is 0 Å². The largest absolute Gasteiger partial charge is 0.329 e. The summed E-state index contributed by atoms with van der Waals surface area (Å²) in [6.07, 6.45) is 7.05. The van der Waals surface area contributed by atoms with Gasteiger partial charge in [-0.1, -0.05) is 0 Å². The maximum absolute atomic E-state index is 9.88. The van der Waals surface area contributed by atoms with Gasteiger partial charge in [-0.15, -0.1) is 0 Å². The van der Waals surface area contributed by atoms with Gasteiger partial charge in [-0.3, -0.25) is 5.32 Å². The Morgan fingerprint density at radius 1 is 1.38 bits per heavy atom. The van der Waals surface area contributed by atoms with E-state index in [0.717, 1.165) is 25.2 Å². The number of nitrogens with zero attached hydrogens (tertiary/aromatic N) is 3. The molecule has 1 aromatic rings. The van der Waals surface area contributed by atoms with Crippen LogP contribution in [0.5, 0.6) is 0 Å². The Hall–Kier alpha value is -1.34. The van der Waals surface area contributed by atoms with Gasteiger partial charge in [0.25, 0.3) is 0 Å². The van der Waals surface area contributed by atoms with E-state index in [9.17, 15) is 5.26 Å². The van der Waals surface area contributed by atoms with Crippen LogP contribution in [0.15, 0.2) is 0 Å². The van der Waals surface area contributed by atoms with Gasteiger partial charge in [0, 0.05) is 11.7 Å². The molecule has 21 heavy (non-hydrogen) atoms. The molecule has 4 heteroatoms. The number of imidazole rings is 1. The molecule has 0 radical (unpaired) electrons. The molecule has 1 atom stereocenters. The van der Waals surface area contributed by atoms with E-state index in [2.05, 4.69) is 36.7 Å². The maximum Gasteiger partial charge on any atom is 0.127 e. The number of aryl methyl sites for hydroxylation is 2. The van der Waals surface area contributed by atoms with E-state index in [-0.39, 0.29) is 0 Å². The predicted molar refractivity (Wildman–Crippen MR) is 82.9 cm³/mol. The Morgan fingerprint density at radius 3 is 2.71 bits per heavy atom. The number of hydrogen-bond acceptors (Lipinski definition) is 3. The number of nitrogens with one attached hydrogen (secondary N) is 1. The van der Waals surface area contributed by atoms with Crippen molar-refractivity contribution in [3.05, 3.63) is 17.2 Å². The van der Waals surface area contributed by atoms with Crippen LogP contribution in [0.25, 0.3) is 0 Å². The van der Waals surface area contributed by atoms with Crippen molar-refractivity contribution in [1.29, 1.82) is 5.26 Å². The average molecular weight is 286 g/mol. The van der Waals surface area contributed by atoms with Crippen LogP contribution in [-0.2, 0) is 19.4 Å². The highest BCUT2D eigenvalue weighted by molar-refractivity contribution is 5.23. The highest BCUT2D eigenvalue weighted by Gasteiger charge is 2.47. The molecule has 1 fully saturated rings. The number of rotatable bonds is 5. The molecule has 0 aliphatic heterocycles. The monoisotopic (exact) mass is 286 g/mol. The lowest BCUT2D eigenvalue weighted by Gasteiger charge is -2.32. The van der Waals surface area contributed by atoms with Crippen molar-refractivity contribution >= 4 is 0 Å². The summed E-state index contributed by atoms with van der Waals surface area (Å²) >= 11 is 0. The standard InChI is InChI=1S/C17H26N4/c1-12(2)20-17(10-18,14-8-9-14)11-21-13(3)19-15-6-4-5-7-16(15)21/h12,14,20H,4-9,11H2,1-3H3. The van der Waals surface area contributed by atoms with E-state index in [4.69, 9.17) is 4.98 Å². The molecule has 4 nitrogen and oxygen atoms in total. The molecule has 3 rings (SSSR count). The second kappa shape index (κ2) is 5.46. The molecule has 1 unspecified atom stereocenters. The summed E-state index contributed by atoms with van der Waals surface area (Å²) in [5.41, 5.74) is 2.22. The summed E-state index contributed by atoms with van der Waals surface area (Å²) in [5.74, 6) is 1.57. The first-order valence-corrected chi connectivity index (χ1v) is 8.29. The summed E-state index contributed by atoms with van der Waals surface area (Å²) in [6, 6.07) is 2.95. The minimum atomic E-state index is -0.426. The van der Waals surface area contributed by atoms with Crippen molar-refractivity contribution in [3.63, 3.8) is 0 Å². The molecule has 0 aromatic carbocycles. The Labute approximate surface area is 127 Å². The highest BCUT2D eigenvalue weighted by Crippen LogP contribution is 2.41. The maximum atomic E-state index is 9.88. The Balaban J connectivity index is 1.93. The van der Waals surface area contributed by atoms with Crippen LogP contribution in [0.3, 0.4) is 0 Å². The van der Waals surface area contributed by atoms with Gasteiger partial charge in [0.05, 0.1) is 18.3 Å². The minimum absolute atomic E-state index is 0.324. The molecular formula is C17H26N4. The molecule has 114 valence electrons. The molecule has 1 saturated carbocycles. The van der Waals surface area contributed by atoms with E-state index < -0.39 is 5.54 Å². The smallest absolute Gasteiger partial charge is 0.127 e. The van der Waals surface area contributed by atoms with E-state index in [1.807, 2.05) is 0 Å². The van der Waals surface area contributed by atoms with Crippen molar-refractivity contribution in [2.24, 2.45) is 5.92 Å². The number of fused-ring (bicyclic) bond motifs is 1. The van der Waals surface area contributed by atoms with Gasteiger partial charge in [-0.25, -0.2) is 4.98 Å². The molecule has 0 amide bonds. The van der Waals surface area contributed by atoms with Crippen LogP contribution in [0.1, 0.15) is 56.7 Å².